The third-order valence-corrected chi connectivity index (χ3v) is 7.30. The first-order valence-corrected chi connectivity index (χ1v) is 11.5. The number of nitrogens with zero attached hydrogens (tertiary/aromatic N) is 2. The smallest absolute Gasteiger partial charge is 0.381 e. The van der Waals surface area contributed by atoms with Crippen molar-refractivity contribution in [2.24, 2.45) is 11.8 Å². The lowest BCUT2D eigenvalue weighted by molar-refractivity contribution is -0.140. The van der Waals surface area contributed by atoms with Crippen molar-refractivity contribution in [2.45, 2.75) is 43.6 Å². The van der Waals surface area contributed by atoms with Gasteiger partial charge in [0.2, 0.25) is 0 Å². The third-order valence-electron chi connectivity index (χ3n) is 7.30. The number of carbonyl (C=O) groups is 1. The van der Waals surface area contributed by atoms with E-state index in [1.807, 2.05) is 7.05 Å². The first-order valence-electron chi connectivity index (χ1n) is 11.5. The van der Waals surface area contributed by atoms with Gasteiger partial charge in [-0.15, -0.1) is 0 Å². The molecule has 1 aromatic carbocycles. The van der Waals surface area contributed by atoms with Gasteiger partial charge in [-0.05, 0) is 31.9 Å². The second-order valence-corrected chi connectivity index (χ2v) is 9.95. The van der Waals surface area contributed by atoms with Gasteiger partial charge in [-0.2, -0.15) is 13.2 Å². The number of carbonyl (C=O) groups excluding carboxylic acids is 1. The van der Waals surface area contributed by atoms with Gasteiger partial charge in [0.15, 0.2) is 0 Å². The molecule has 6 nitrogen and oxygen atoms in total. The Balaban J connectivity index is 1.43. The Labute approximate surface area is 202 Å². The molecule has 2 N–H and O–H groups in total. The summed E-state index contributed by atoms with van der Waals surface area (Å²) >= 11 is 0. The first kappa shape index (κ1) is 24.7. The van der Waals surface area contributed by atoms with Gasteiger partial charge in [0.25, 0.3) is 17.4 Å². The zero-order chi connectivity index (χ0) is 26.2. The Morgan fingerprint density at radius 1 is 1.19 bits per heavy atom. The Morgan fingerprint density at radius 3 is 2.42 bits per heavy atom. The molecule has 1 amide bonds. The summed E-state index contributed by atoms with van der Waals surface area (Å²) in [5.74, 6) is -4.77. The van der Waals surface area contributed by atoms with Crippen molar-refractivity contribution in [3.8, 4) is 0 Å². The number of aromatic nitrogens is 1. The number of benzene rings is 1. The van der Waals surface area contributed by atoms with E-state index in [-0.39, 0.29) is 22.9 Å². The maximum absolute atomic E-state index is 14.6. The third kappa shape index (κ3) is 4.35. The van der Waals surface area contributed by atoms with Crippen LogP contribution in [0.25, 0.3) is 0 Å². The van der Waals surface area contributed by atoms with Crippen molar-refractivity contribution in [3.05, 3.63) is 63.3 Å². The van der Waals surface area contributed by atoms with Crippen LogP contribution in [0, 0.1) is 17.7 Å². The average molecular weight is 514 g/mol. The number of hydrogen-bond acceptors (Lipinski definition) is 4. The van der Waals surface area contributed by atoms with Gasteiger partial charge in [0.1, 0.15) is 11.9 Å². The van der Waals surface area contributed by atoms with Crippen molar-refractivity contribution >= 4 is 11.6 Å². The van der Waals surface area contributed by atoms with E-state index < -0.39 is 53.5 Å². The molecule has 1 saturated heterocycles. The monoisotopic (exact) mass is 514 g/mol. The second-order valence-electron chi connectivity index (χ2n) is 9.95. The number of halogens is 6. The average Bonchev–Trinajstić information content (AvgIpc) is 3.54. The Morgan fingerprint density at radius 2 is 1.83 bits per heavy atom. The second kappa shape index (κ2) is 8.25. The highest BCUT2D eigenvalue weighted by Gasteiger charge is 2.59. The van der Waals surface area contributed by atoms with Gasteiger partial charge in [0, 0.05) is 43.4 Å². The zero-order valence-electron chi connectivity index (χ0n) is 19.4. The fraction of sp³-hybridized carbons (Fsp3) is 0.500. The van der Waals surface area contributed by atoms with E-state index >= 15 is 0 Å². The lowest BCUT2D eigenvalue weighted by Crippen LogP contribution is -2.32. The molecule has 1 aliphatic heterocycles. The summed E-state index contributed by atoms with van der Waals surface area (Å²) in [6, 6.07) is 1.31. The lowest BCUT2D eigenvalue weighted by Gasteiger charge is -2.20. The maximum atomic E-state index is 14.6. The van der Waals surface area contributed by atoms with Crippen molar-refractivity contribution in [1.82, 2.24) is 14.8 Å². The van der Waals surface area contributed by atoms with Crippen molar-refractivity contribution in [3.63, 3.8) is 0 Å². The quantitative estimate of drug-likeness (QED) is 0.571. The van der Waals surface area contributed by atoms with Gasteiger partial charge < -0.3 is 20.1 Å². The molecule has 1 aromatic heterocycles. The summed E-state index contributed by atoms with van der Waals surface area (Å²) in [5.41, 5.74) is -2.50. The van der Waals surface area contributed by atoms with Gasteiger partial charge in [-0.3, -0.25) is 9.59 Å². The Hall–Kier alpha value is -3.02. The summed E-state index contributed by atoms with van der Waals surface area (Å²) in [5, 5.41) is 5.63. The van der Waals surface area contributed by atoms with E-state index in [0.717, 1.165) is 42.1 Å². The Kier molecular flexibility index (Phi) is 5.66. The molecule has 194 valence electrons. The number of alkyl halides is 5. The largest absolute Gasteiger partial charge is 0.419 e. The van der Waals surface area contributed by atoms with Crippen LogP contribution in [-0.2, 0) is 6.18 Å². The van der Waals surface area contributed by atoms with E-state index in [4.69, 9.17) is 0 Å². The fourth-order valence-electron chi connectivity index (χ4n) is 5.18. The van der Waals surface area contributed by atoms with Crippen molar-refractivity contribution in [1.29, 1.82) is 0 Å². The molecule has 2 aliphatic carbocycles. The molecule has 36 heavy (non-hydrogen) atoms. The number of nitrogens with one attached hydrogen (secondary N) is 2. The molecule has 5 atom stereocenters. The van der Waals surface area contributed by atoms with Crippen LogP contribution in [0.5, 0.6) is 0 Å². The van der Waals surface area contributed by atoms with Gasteiger partial charge in [-0.1, -0.05) is 12.1 Å². The Bertz CT molecular complexity index is 1260. The highest BCUT2D eigenvalue weighted by atomic mass is 19.4. The number of pyridine rings is 1. The van der Waals surface area contributed by atoms with Gasteiger partial charge >= 0.3 is 6.18 Å². The lowest BCUT2D eigenvalue weighted by atomic mass is 10.0. The molecule has 2 heterocycles. The molecular weight excluding hydrogens is 490 g/mol. The maximum Gasteiger partial charge on any atom is 0.419 e. The molecular formula is C24H24F6N4O2. The summed E-state index contributed by atoms with van der Waals surface area (Å²) in [6.07, 6.45) is -4.40. The summed E-state index contributed by atoms with van der Waals surface area (Å²) in [4.78, 5) is 28.0. The van der Waals surface area contributed by atoms with Crippen LogP contribution in [0.3, 0.4) is 0 Å². The number of likely N-dealkylation sites (tertiary alicyclic amines) is 1. The summed E-state index contributed by atoms with van der Waals surface area (Å²) < 4.78 is 82.2. The van der Waals surface area contributed by atoms with E-state index in [1.54, 1.807) is 0 Å². The van der Waals surface area contributed by atoms with E-state index in [2.05, 4.69) is 15.5 Å². The first-order chi connectivity index (χ1) is 16.8. The molecule has 5 rings (SSSR count). The normalized spacial score (nSPS) is 27.3. The fourth-order valence-corrected chi connectivity index (χ4v) is 5.18. The molecule has 2 saturated carbocycles. The number of rotatable bonds is 6. The van der Waals surface area contributed by atoms with Gasteiger partial charge in [-0.25, -0.2) is 13.2 Å². The van der Waals surface area contributed by atoms with Crippen LogP contribution < -0.4 is 16.2 Å². The van der Waals surface area contributed by atoms with Crippen LogP contribution in [0.15, 0.2) is 35.3 Å². The standard InChI is InChI=1S/C24H24F6N4O2/c1-11(12-4-3-5-16(20(12)25)24(28,29)30)31-22(36)15-10-34(18-7-23(18,26)27)19(35)6-17(15)32-21-13-8-33(2)9-14(13)21/h3-6,10-11,13-14,18,21,32H,7-9H2,1-2H3,(H,31,36)/t11-,13-,14+,18-,21-/m1/s1. The highest BCUT2D eigenvalue weighted by molar-refractivity contribution is 5.99. The summed E-state index contributed by atoms with van der Waals surface area (Å²) in [6.45, 7) is 2.98. The molecule has 12 heteroatoms. The van der Waals surface area contributed by atoms with E-state index in [1.165, 1.54) is 6.92 Å². The number of piperidine rings is 1. The van der Waals surface area contributed by atoms with Crippen LogP contribution in [0.2, 0.25) is 0 Å². The zero-order valence-corrected chi connectivity index (χ0v) is 19.4. The molecule has 2 aromatic rings. The molecule has 3 aliphatic rings. The van der Waals surface area contributed by atoms with Gasteiger partial charge in [0.05, 0.1) is 22.9 Å². The minimum absolute atomic E-state index is 0.00343. The van der Waals surface area contributed by atoms with E-state index in [9.17, 15) is 35.9 Å². The predicted octanol–water partition coefficient (Wildman–Crippen LogP) is 4.05. The molecule has 3 fully saturated rings. The highest BCUT2D eigenvalue weighted by Crippen LogP contribution is 2.52. The molecule has 0 unspecified atom stereocenters. The van der Waals surface area contributed by atoms with Crippen molar-refractivity contribution in [2.75, 3.05) is 25.5 Å². The summed E-state index contributed by atoms with van der Waals surface area (Å²) in [7, 11) is 1.98. The molecule has 0 radical (unpaired) electrons. The topological polar surface area (TPSA) is 66.4 Å². The SMILES string of the molecule is C[C@@H](NC(=O)c1cn([C@@H]2CC2(F)F)c(=O)cc1N[C@@H]1[C@@H]2CN(C)C[C@@H]21)c1cccc(C(F)(F)F)c1F. The van der Waals surface area contributed by atoms with Crippen LogP contribution >= 0.6 is 0 Å². The minimum atomic E-state index is -4.91. The van der Waals surface area contributed by atoms with Crippen LogP contribution in [-0.4, -0.2) is 47.5 Å². The minimum Gasteiger partial charge on any atom is -0.381 e. The van der Waals surface area contributed by atoms with Crippen molar-refractivity contribution < 1.29 is 31.1 Å². The molecule has 0 bridgehead atoms. The van der Waals surface area contributed by atoms with Crippen LogP contribution in [0.4, 0.5) is 32.0 Å². The number of anilines is 1. The number of fused-ring (bicyclic) bond motifs is 1. The predicted molar refractivity (Wildman–Crippen MR) is 118 cm³/mol. The molecule has 0 spiro atoms. The number of amides is 1. The van der Waals surface area contributed by atoms with E-state index in [0.29, 0.717) is 17.9 Å². The van der Waals surface area contributed by atoms with Crippen LogP contribution in [0.1, 0.15) is 46.9 Å². The number of hydrogen-bond donors (Lipinski definition) is 2.